The van der Waals surface area contributed by atoms with Gasteiger partial charge in [-0.2, -0.15) is 0 Å². The molecule has 3 rings (SSSR count). The van der Waals surface area contributed by atoms with Crippen molar-refractivity contribution in [3.8, 4) is 5.75 Å². The smallest absolute Gasteiger partial charge is 0.222 e. The average Bonchev–Trinajstić information content (AvgIpc) is 3.08. The van der Waals surface area contributed by atoms with E-state index >= 15 is 0 Å². The third-order valence-electron chi connectivity index (χ3n) is 4.45. The highest BCUT2D eigenvalue weighted by Gasteiger charge is 2.37. The number of ether oxygens (including phenoxy) is 1. The summed E-state index contributed by atoms with van der Waals surface area (Å²) in [6, 6.07) is 5.30. The molecule has 2 heterocycles. The molecule has 0 aliphatic carbocycles. The maximum atomic E-state index is 12.2. The van der Waals surface area contributed by atoms with E-state index in [2.05, 4.69) is 5.32 Å². The molecule has 0 radical (unpaired) electrons. The van der Waals surface area contributed by atoms with Gasteiger partial charge in [0.1, 0.15) is 10.8 Å². The van der Waals surface area contributed by atoms with Gasteiger partial charge < -0.3 is 15.0 Å². The number of nitrogens with zero attached hydrogens (tertiary/aromatic N) is 1. The fraction of sp³-hybridized carbons (Fsp3) is 0.562. The number of amides is 1. The molecule has 7 heteroatoms. The fourth-order valence-corrected chi connectivity index (χ4v) is 3.56. The molecule has 1 aromatic rings. The number of carbonyl (C=O) groups excluding carboxylic acids is 1. The highest BCUT2D eigenvalue weighted by Crippen LogP contribution is 2.31. The Hall–Kier alpha value is -0.680. The van der Waals surface area contributed by atoms with Crippen LogP contribution in [0, 0.1) is 11.8 Å². The topological polar surface area (TPSA) is 41.6 Å². The summed E-state index contributed by atoms with van der Waals surface area (Å²) in [5, 5.41) is 4.29. The van der Waals surface area contributed by atoms with Crippen LogP contribution in [-0.4, -0.2) is 43.6 Å². The van der Waals surface area contributed by atoms with E-state index in [0.29, 0.717) is 47.1 Å². The number of halogens is 3. The Bertz CT molecular complexity index is 544. The van der Waals surface area contributed by atoms with E-state index in [0.717, 1.165) is 26.2 Å². The number of fused-ring (bicyclic) bond motifs is 1. The van der Waals surface area contributed by atoms with Gasteiger partial charge in [0.2, 0.25) is 5.91 Å². The lowest BCUT2D eigenvalue weighted by atomic mass is 10.0. The summed E-state index contributed by atoms with van der Waals surface area (Å²) < 4.78 is 5.61. The van der Waals surface area contributed by atoms with Crippen molar-refractivity contribution in [3.63, 3.8) is 0 Å². The molecule has 2 atom stereocenters. The van der Waals surface area contributed by atoms with Crippen molar-refractivity contribution in [3.05, 3.63) is 28.2 Å². The minimum atomic E-state index is 0. The van der Waals surface area contributed by atoms with E-state index in [1.807, 2.05) is 4.90 Å². The van der Waals surface area contributed by atoms with E-state index in [1.165, 1.54) is 0 Å². The number of likely N-dealkylation sites (tertiary alicyclic amines) is 1. The predicted molar refractivity (Wildman–Crippen MR) is 94.9 cm³/mol. The molecule has 2 aliphatic rings. The first-order valence-corrected chi connectivity index (χ1v) is 8.46. The number of carbonyl (C=O) groups is 1. The standard InChI is InChI=1S/C16H20Cl2N2O2.ClH/c17-13-3-1-4-14(16(13)18)22-6-2-5-15(21)20-9-11-7-19-8-12(11)10-20;/h1,3-4,11-12,19H,2,5-10H2;1H/t11-,12+;. The van der Waals surface area contributed by atoms with Crippen LogP contribution < -0.4 is 10.1 Å². The normalized spacial score (nSPS) is 22.6. The van der Waals surface area contributed by atoms with E-state index in [-0.39, 0.29) is 18.3 Å². The molecule has 2 fully saturated rings. The van der Waals surface area contributed by atoms with Gasteiger partial charge in [-0.25, -0.2) is 0 Å². The summed E-state index contributed by atoms with van der Waals surface area (Å²) in [4.78, 5) is 14.2. The van der Waals surface area contributed by atoms with Gasteiger partial charge >= 0.3 is 0 Å². The molecule has 2 aliphatic heterocycles. The summed E-state index contributed by atoms with van der Waals surface area (Å²) in [7, 11) is 0. The molecule has 0 spiro atoms. The second-order valence-corrected chi connectivity index (χ2v) is 6.77. The maximum Gasteiger partial charge on any atom is 0.222 e. The first-order chi connectivity index (χ1) is 10.6. The van der Waals surface area contributed by atoms with Gasteiger partial charge in [0.25, 0.3) is 0 Å². The van der Waals surface area contributed by atoms with Crippen LogP contribution >= 0.6 is 35.6 Å². The third kappa shape index (κ3) is 4.44. The van der Waals surface area contributed by atoms with Crippen LogP contribution in [0.2, 0.25) is 10.0 Å². The summed E-state index contributed by atoms with van der Waals surface area (Å²) in [5.74, 6) is 2.09. The Kier molecular flexibility index (Phi) is 6.84. The molecule has 23 heavy (non-hydrogen) atoms. The summed E-state index contributed by atoms with van der Waals surface area (Å²) >= 11 is 12.0. The molecule has 0 aromatic heterocycles. The SMILES string of the molecule is Cl.O=C(CCCOc1cccc(Cl)c1Cl)N1C[C@H]2CNC[C@H]2C1. The van der Waals surface area contributed by atoms with Crippen molar-refractivity contribution in [2.45, 2.75) is 12.8 Å². The van der Waals surface area contributed by atoms with Gasteiger partial charge in [-0.3, -0.25) is 4.79 Å². The van der Waals surface area contributed by atoms with E-state index < -0.39 is 0 Å². The lowest BCUT2D eigenvalue weighted by Gasteiger charge is -2.17. The van der Waals surface area contributed by atoms with Crippen LogP contribution in [0.5, 0.6) is 5.75 Å². The zero-order chi connectivity index (χ0) is 15.5. The van der Waals surface area contributed by atoms with E-state index in [9.17, 15) is 4.79 Å². The van der Waals surface area contributed by atoms with Gasteiger partial charge in [0.15, 0.2) is 0 Å². The average molecular weight is 380 g/mol. The lowest BCUT2D eigenvalue weighted by molar-refractivity contribution is -0.130. The van der Waals surface area contributed by atoms with Crippen molar-refractivity contribution >= 4 is 41.5 Å². The number of hydrogen-bond donors (Lipinski definition) is 1. The highest BCUT2D eigenvalue weighted by atomic mass is 35.5. The molecule has 128 valence electrons. The first-order valence-electron chi connectivity index (χ1n) is 7.70. The van der Waals surface area contributed by atoms with Crippen LogP contribution in [0.25, 0.3) is 0 Å². The summed E-state index contributed by atoms with van der Waals surface area (Å²) in [6.45, 7) is 4.36. The van der Waals surface area contributed by atoms with Gasteiger partial charge in [-0.05, 0) is 30.4 Å². The number of nitrogens with one attached hydrogen (secondary N) is 1. The monoisotopic (exact) mass is 378 g/mol. The van der Waals surface area contributed by atoms with Crippen LogP contribution in [0.15, 0.2) is 18.2 Å². The molecule has 0 saturated carbocycles. The number of rotatable bonds is 5. The second-order valence-electron chi connectivity index (χ2n) is 5.98. The van der Waals surface area contributed by atoms with Gasteiger partial charge in [0.05, 0.1) is 11.6 Å². The number of benzene rings is 1. The van der Waals surface area contributed by atoms with Crippen molar-refractivity contribution in [1.82, 2.24) is 10.2 Å². The summed E-state index contributed by atoms with van der Waals surface area (Å²) in [5.41, 5.74) is 0. The minimum Gasteiger partial charge on any atom is -0.492 e. The molecule has 1 N–H and O–H groups in total. The molecule has 2 saturated heterocycles. The van der Waals surface area contributed by atoms with Crippen LogP contribution in [0.3, 0.4) is 0 Å². The van der Waals surface area contributed by atoms with Gasteiger partial charge in [-0.15, -0.1) is 12.4 Å². The molecule has 1 amide bonds. The van der Waals surface area contributed by atoms with E-state index in [4.69, 9.17) is 27.9 Å². The van der Waals surface area contributed by atoms with Crippen LogP contribution in [0.1, 0.15) is 12.8 Å². The minimum absolute atomic E-state index is 0. The Morgan fingerprint density at radius 3 is 2.65 bits per heavy atom. The molecule has 0 bridgehead atoms. The largest absolute Gasteiger partial charge is 0.492 e. The molecule has 1 aromatic carbocycles. The van der Waals surface area contributed by atoms with Crippen LogP contribution in [-0.2, 0) is 4.79 Å². The maximum absolute atomic E-state index is 12.2. The Labute approximate surface area is 152 Å². The Morgan fingerprint density at radius 2 is 1.96 bits per heavy atom. The van der Waals surface area contributed by atoms with Gasteiger partial charge in [-0.1, -0.05) is 29.3 Å². The zero-order valence-corrected chi connectivity index (χ0v) is 15.1. The van der Waals surface area contributed by atoms with Crippen molar-refractivity contribution < 1.29 is 9.53 Å². The van der Waals surface area contributed by atoms with Crippen molar-refractivity contribution in [2.24, 2.45) is 11.8 Å². The molecule has 0 unspecified atom stereocenters. The summed E-state index contributed by atoms with van der Waals surface area (Å²) in [6.07, 6.45) is 1.21. The first kappa shape index (κ1) is 18.7. The van der Waals surface area contributed by atoms with Gasteiger partial charge in [0, 0.05) is 32.6 Å². The second kappa shape index (κ2) is 8.43. The van der Waals surface area contributed by atoms with Crippen molar-refractivity contribution in [2.75, 3.05) is 32.8 Å². The Balaban J connectivity index is 0.00000192. The molecular formula is C16H21Cl3N2O2. The van der Waals surface area contributed by atoms with E-state index in [1.54, 1.807) is 18.2 Å². The molecule has 4 nitrogen and oxygen atoms in total. The number of hydrogen-bond acceptors (Lipinski definition) is 3. The quantitative estimate of drug-likeness (QED) is 0.799. The highest BCUT2D eigenvalue weighted by molar-refractivity contribution is 6.42. The lowest BCUT2D eigenvalue weighted by Crippen LogP contribution is -2.31. The predicted octanol–water partition coefficient (Wildman–Crippen LogP) is 3.25. The molecular weight excluding hydrogens is 359 g/mol. The van der Waals surface area contributed by atoms with Crippen LogP contribution in [0.4, 0.5) is 0 Å². The third-order valence-corrected chi connectivity index (χ3v) is 5.25. The fourth-order valence-electron chi connectivity index (χ4n) is 3.22. The zero-order valence-electron chi connectivity index (χ0n) is 12.8. The van der Waals surface area contributed by atoms with Crippen molar-refractivity contribution in [1.29, 1.82) is 0 Å². The Morgan fingerprint density at radius 1 is 1.26 bits per heavy atom.